The van der Waals surface area contributed by atoms with Gasteiger partial charge in [0.25, 0.3) is 11.8 Å². The van der Waals surface area contributed by atoms with Crippen LogP contribution in [0.3, 0.4) is 0 Å². The molecule has 0 saturated carbocycles. The highest BCUT2D eigenvalue weighted by Crippen LogP contribution is 2.21. The van der Waals surface area contributed by atoms with Gasteiger partial charge in [-0.15, -0.1) is 0 Å². The third kappa shape index (κ3) is 1.93. The summed E-state index contributed by atoms with van der Waals surface area (Å²) in [5.41, 5.74) is 2.55. The molecule has 1 aromatic heterocycles. The number of hydrogen-bond acceptors (Lipinski definition) is 4. The highest BCUT2D eigenvalue weighted by molar-refractivity contribution is 6.20. The van der Waals surface area contributed by atoms with E-state index in [4.69, 9.17) is 0 Å². The van der Waals surface area contributed by atoms with Gasteiger partial charge in [-0.05, 0) is 30.7 Å². The number of fused-ring (bicyclic) bond motifs is 1. The molecule has 5 heteroatoms. The van der Waals surface area contributed by atoms with Crippen molar-refractivity contribution < 1.29 is 9.59 Å². The normalized spacial score (nSPS) is 13.6. The average molecular weight is 267 g/mol. The fourth-order valence-electron chi connectivity index (χ4n) is 2.19. The molecule has 100 valence electrons. The predicted octanol–water partition coefficient (Wildman–Crippen LogP) is 2.06. The van der Waals surface area contributed by atoms with Crippen molar-refractivity contribution in [1.29, 1.82) is 0 Å². The van der Waals surface area contributed by atoms with Crippen molar-refractivity contribution in [2.45, 2.75) is 6.92 Å². The van der Waals surface area contributed by atoms with Crippen LogP contribution in [0, 0.1) is 6.92 Å². The number of nitrogens with one attached hydrogen (secondary N) is 1. The van der Waals surface area contributed by atoms with E-state index in [0.29, 0.717) is 5.56 Å². The van der Waals surface area contributed by atoms with Crippen molar-refractivity contribution in [3.63, 3.8) is 0 Å². The lowest BCUT2D eigenvalue weighted by Gasteiger charge is -2.16. The number of carbonyl (C=O) groups is 2. The van der Waals surface area contributed by atoms with Crippen LogP contribution >= 0.6 is 0 Å². The van der Waals surface area contributed by atoms with Crippen LogP contribution in [0.25, 0.3) is 0 Å². The second-order valence-corrected chi connectivity index (χ2v) is 4.59. The van der Waals surface area contributed by atoms with Gasteiger partial charge in [-0.2, -0.15) is 0 Å². The van der Waals surface area contributed by atoms with Crippen molar-refractivity contribution in [3.8, 4) is 0 Å². The first-order valence-electron chi connectivity index (χ1n) is 6.29. The number of benzene rings is 1. The molecule has 2 heterocycles. The third-order valence-corrected chi connectivity index (χ3v) is 3.30. The minimum Gasteiger partial charge on any atom is -0.367 e. The second-order valence-electron chi connectivity index (χ2n) is 4.59. The summed E-state index contributed by atoms with van der Waals surface area (Å²) >= 11 is 0. The minimum absolute atomic E-state index is 0.138. The van der Waals surface area contributed by atoms with Gasteiger partial charge in [-0.1, -0.05) is 18.2 Å². The quantitative estimate of drug-likeness (QED) is 0.865. The lowest BCUT2D eigenvalue weighted by Crippen LogP contribution is -2.34. The molecule has 1 aliphatic rings. The summed E-state index contributed by atoms with van der Waals surface area (Å²) in [4.78, 5) is 29.4. The molecule has 20 heavy (non-hydrogen) atoms. The molecule has 1 aromatic carbocycles. The van der Waals surface area contributed by atoms with E-state index in [2.05, 4.69) is 10.3 Å². The highest BCUT2D eigenvalue weighted by Gasteiger charge is 2.36. The Hall–Kier alpha value is -2.69. The van der Waals surface area contributed by atoms with Gasteiger partial charge in [0, 0.05) is 11.9 Å². The number of hydrogen-bond donors (Lipinski definition) is 1. The monoisotopic (exact) mass is 267 g/mol. The summed E-state index contributed by atoms with van der Waals surface area (Å²) in [7, 11) is 0. The molecular weight excluding hydrogens is 254 g/mol. The highest BCUT2D eigenvalue weighted by atomic mass is 16.2. The zero-order chi connectivity index (χ0) is 14.1. The second kappa shape index (κ2) is 4.77. The first kappa shape index (κ1) is 12.3. The minimum atomic E-state index is -0.355. The van der Waals surface area contributed by atoms with Gasteiger partial charge in [0.15, 0.2) is 0 Å². The van der Waals surface area contributed by atoms with E-state index in [1.165, 1.54) is 11.1 Å². The Labute approximate surface area is 116 Å². The standard InChI is InChI=1S/C15H13N3O2/c1-10-5-2-3-7-12(10)17-9-18-14(19)11-6-4-8-16-13(11)15(18)20/h2-8,17H,9H2,1H3. The molecule has 2 amide bonds. The molecule has 1 aliphatic heterocycles. The molecule has 0 atom stereocenters. The fourth-order valence-corrected chi connectivity index (χ4v) is 2.19. The van der Waals surface area contributed by atoms with E-state index >= 15 is 0 Å². The molecule has 0 saturated heterocycles. The molecule has 0 fully saturated rings. The summed E-state index contributed by atoms with van der Waals surface area (Å²) in [6, 6.07) is 11.0. The Morgan fingerprint density at radius 3 is 2.65 bits per heavy atom. The average Bonchev–Trinajstić information content (AvgIpc) is 2.71. The molecule has 3 rings (SSSR count). The number of aryl methyl sites for hydroxylation is 1. The molecule has 1 N–H and O–H groups in total. The number of nitrogens with zero attached hydrogens (tertiary/aromatic N) is 2. The number of pyridine rings is 1. The van der Waals surface area contributed by atoms with E-state index in [1.54, 1.807) is 12.1 Å². The number of imide groups is 1. The number of rotatable bonds is 3. The summed E-state index contributed by atoms with van der Waals surface area (Å²) in [5.74, 6) is -0.661. The van der Waals surface area contributed by atoms with Gasteiger partial charge < -0.3 is 5.32 Å². The molecule has 0 spiro atoms. The van der Waals surface area contributed by atoms with Crippen molar-refractivity contribution in [1.82, 2.24) is 9.88 Å². The topological polar surface area (TPSA) is 62.3 Å². The lowest BCUT2D eigenvalue weighted by atomic mass is 10.2. The van der Waals surface area contributed by atoms with Gasteiger partial charge in [-0.25, -0.2) is 0 Å². The Morgan fingerprint density at radius 2 is 1.90 bits per heavy atom. The van der Waals surface area contributed by atoms with Gasteiger partial charge in [-0.3, -0.25) is 19.5 Å². The van der Waals surface area contributed by atoms with Gasteiger partial charge in [0.2, 0.25) is 0 Å². The Balaban J connectivity index is 1.79. The van der Waals surface area contributed by atoms with Crippen LogP contribution in [-0.2, 0) is 0 Å². The number of para-hydroxylation sites is 1. The molecule has 5 nitrogen and oxygen atoms in total. The first-order chi connectivity index (χ1) is 9.68. The summed E-state index contributed by atoms with van der Waals surface area (Å²) in [6.45, 7) is 2.10. The van der Waals surface area contributed by atoms with E-state index in [0.717, 1.165) is 11.3 Å². The van der Waals surface area contributed by atoms with Gasteiger partial charge in [0.05, 0.1) is 12.2 Å². The summed E-state index contributed by atoms with van der Waals surface area (Å²) < 4.78 is 0. The number of carbonyl (C=O) groups excluding carboxylic acids is 2. The summed E-state index contributed by atoms with van der Waals surface area (Å²) in [5, 5.41) is 3.11. The number of aromatic nitrogens is 1. The Bertz CT molecular complexity index is 662. The number of amides is 2. The van der Waals surface area contributed by atoms with Gasteiger partial charge >= 0.3 is 0 Å². The van der Waals surface area contributed by atoms with Crippen molar-refractivity contribution in [2.24, 2.45) is 0 Å². The maximum absolute atomic E-state index is 12.1. The van der Waals surface area contributed by atoms with Crippen LogP contribution < -0.4 is 5.32 Å². The maximum atomic E-state index is 12.1. The van der Waals surface area contributed by atoms with Crippen LogP contribution in [-0.4, -0.2) is 28.4 Å². The third-order valence-electron chi connectivity index (χ3n) is 3.30. The summed E-state index contributed by atoms with van der Waals surface area (Å²) in [6.07, 6.45) is 1.52. The van der Waals surface area contributed by atoms with Crippen molar-refractivity contribution >= 4 is 17.5 Å². The van der Waals surface area contributed by atoms with E-state index in [9.17, 15) is 9.59 Å². The Morgan fingerprint density at radius 1 is 1.10 bits per heavy atom. The lowest BCUT2D eigenvalue weighted by molar-refractivity contribution is 0.0664. The fraction of sp³-hybridized carbons (Fsp3) is 0.133. The van der Waals surface area contributed by atoms with Crippen LogP contribution in [0.4, 0.5) is 5.69 Å². The van der Waals surface area contributed by atoms with Crippen LogP contribution in [0.2, 0.25) is 0 Å². The van der Waals surface area contributed by atoms with Crippen LogP contribution in [0.1, 0.15) is 26.4 Å². The first-order valence-corrected chi connectivity index (χ1v) is 6.29. The maximum Gasteiger partial charge on any atom is 0.281 e. The molecular formula is C15H13N3O2. The molecule has 0 radical (unpaired) electrons. The predicted molar refractivity (Wildman–Crippen MR) is 74.4 cm³/mol. The zero-order valence-electron chi connectivity index (χ0n) is 11.0. The van der Waals surface area contributed by atoms with E-state index in [-0.39, 0.29) is 24.2 Å². The number of anilines is 1. The molecule has 0 aliphatic carbocycles. The van der Waals surface area contributed by atoms with Crippen molar-refractivity contribution in [3.05, 3.63) is 59.4 Å². The largest absolute Gasteiger partial charge is 0.367 e. The van der Waals surface area contributed by atoms with Crippen molar-refractivity contribution in [2.75, 3.05) is 12.0 Å². The smallest absolute Gasteiger partial charge is 0.281 e. The van der Waals surface area contributed by atoms with Gasteiger partial charge in [0.1, 0.15) is 5.69 Å². The van der Waals surface area contributed by atoms with E-state index < -0.39 is 0 Å². The Kier molecular flexibility index (Phi) is 2.95. The molecule has 0 bridgehead atoms. The SMILES string of the molecule is Cc1ccccc1NCN1C(=O)c2cccnc2C1=O. The van der Waals surface area contributed by atoms with Crippen LogP contribution in [0.15, 0.2) is 42.6 Å². The van der Waals surface area contributed by atoms with E-state index in [1.807, 2.05) is 31.2 Å². The molecule has 0 unspecified atom stereocenters. The van der Waals surface area contributed by atoms with Crippen LogP contribution in [0.5, 0.6) is 0 Å². The molecule has 2 aromatic rings. The zero-order valence-corrected chi connectivity index (χ0v) is 11.0.